The molecular weight excluding hydrogens is 248 g/mol. The molecule has 0 aliphatic rings. The minimum Gasteiger partial charge on any atom is -0.353 e. The van der Waals surface area contributed by atoms with Gasteiger partial charge in [-0.3, -0.25) is 9.78 Å². The second-order valence-electron chi connectivity index (χ2n) is 5.86. The van der Waals surface area contributed by atoms with Crippen molar-refractivity contribution in [2.45, 2.75) is 32.7 Å². The van der Waals surface area contributed by atoms with E-state index >= 15 is 0 Å². The molecule has 0 radical (unpaired) electrons. The van der Waals surface area contributed by atoms with Gasteiger partial charge in [-0.05, 0) is 34.2 Å². The lowest BCUT2D eigenvalue weighted by molar-refractivity contribution is -0.109. The Morgan fingerprint density at radius 2 is 1.80 bits per heavy atom. The molecule has 3 nitrogen and oxygen atoms in total. The molecule has 3 heteroatoms. The van der Waals surface area contributed by atoms with Crippen molar-refractivity contribution in [3.8, 4) is 11.1 Å². The van der Waals surface area contributed by atoms with Crippen molar-refractivity contribution in [1.29, 1.82) is 0 Å². The molecule has 1 aromatic carbocycles. The van der Waals surface area contributed by atoms with Gasteiger partial charge < -0.3 is 5.32 Å². The molecule has 0 bridgehead atoms. The van der Waals surface area contributed by atoms with Crippen LogP contribution >= 0.6 is 0 Å². The van der Waals surface area contributed by atoms with Gasteiger partial charge in [-0.15, -0.1) is 0 Å². The van der Waals surface area contributed by atoms with Crippen LogP contribution in [0.25, 0.3) is 11.1 Å². The highest BCUT2D eigenvalue weighted by molar-refractivity contribution is 5.64. The van der Waals surface area contributed by atoms with Gasteiger partial charge in [-0.1, -0.05) is 45.0 Å². The molecule has 0 saturated carbocycles. The number of aromatic nitrogens is 1. The third kappa shape index (κ3) is 3.44. The Labute approximate surface area is 120 Å². The Bertz CT molecular complexity index is 583. The lowest BCUT2D eigenvalue weighted by Crippen LogP contribution is -2.11. The first-order valence-corrected chi connectivity index (χ1v) is 6.73. The number of hydrogen-bond acceptors (Lipinski definition) is 2. The van der Waals surface area contributed by atoms with Crippen LogP contribution < -0.4 is 5.32 Å². The summed E-state index contributed by atoms with van der Waals surface area (Å²) < 4.78 is 0. The van der Waals surface area contributed by atoms with Crippen molar-refractivity contribution in [2.24, 2.45) is 0 Å². The first-order chi connectivity index (χ1) is 9.50. The Kier molecular flexibility index (Phi) is 4.18. The average Bonchev–Trinajstić information content (AvgIpc) is 2.45. The quantitative estimate of drug-likeness (QED) is 0.865. The van der Waals surface area contributed by atoms with Crippen LogP contribution in [0.5, 0.6) is 0 Å². The van der Waals surface area contributed by atoms with Gasteiger partial charge in [0.1, 0.15) is 0 Å². The maximum Gasteiger partial charge on any atom is 0.207 e. The van der Waals surface area contributed by atoms with Crippen molar-refractivity contribution in [2.75, 3.05) is 0 Å². The maximum absolute atomic E-state index is 10.3. The highest BCUT2D eigenvalue weighted by Gasteiger charge is 2.13. The number of benzene rings is 1. The summed E-state index contributed by atoms with van der Waals surface area (Å²) in [7, 11) is 0. The van der Waals surface area contributed by atoms with E-state index in [0.29, 0.717) is 13.0 Å². The highest BCUT2D eigenvalue weighted by atomic mass is 16.1. The molecule has 2 aromatic rings. The number of pyridine rings is 1. The highest BCUT2D eigenvalue weighted by Crippen LogP contribution is 2.26. The van der Waals surface area contributed by atoms with Crippen LogP contribution in [0.15, 0.2) is 42.6 Å². The van der Waals surface area contributed by atoms with Crippen molar-refractivity contribution in [3.63, 3.8) is 0 Å². The smallest absolute Gasteiger partial charge is 0.207 e. The Balaban J connectivity index is 2.25. The van der Waals surface area contributed by atoms with E-state index in [0.717, 1.165) is 16.8 Å². The molecule has 1 aromatic heterocycles. The van der Waals surface area contributed by atoms with E-state index in [9.17, 15) is 4.79 Å². The van der Waals surface area contributed by atoms with Crippen LogP contribution in [-0.2, 0) is 16.8 Å². The van der Waals surface area contributed by atoms with Gasteiger partial charge in [0.15, 0.2) is 0 Å². The van der Waals surface area contributed by atoms with Crippen LogP contribution in [0.2, 0.25) is 0 Å². The summed E-state index contributed by atoms with van der Waals surface area (Å²) in [6.07, 6.45) is 2.46. The van der Waals surface area contributed by atoms with Crippen LogP contribution in [0.1, 0.15) is 32.0 Å². The van der Waals surface area contributed by atoms with Gasteiger partial charge in [0.25, 0.3) is 0 Å². The van der Waals surface area contributed by atoms with Gasteiger partial charge in [-0.25, -0.2) is 0 Å². The van der Waals surface area contributed by atoms with Crippen molar-refractivity contribution in [1.82, 2.24) is 10.3 Å². The fourth-order valence-electron chi connectivity index (χ4n) is 2.06. The van der Waals surface area contributed by atoms with E-state index in [1.807, 2.05) is 12.1 Å². The lowest BCUT2D eigenvalue weighted by Gasteiger charge is -2.19. The van der Waals surface area contributed by atoms with Crippen molar-refractivity contribution in [3.05, 3.63) is 53.9 Å². The molecule has 2 rings (SSSR count). The Morgan fingerprint density at radius 1 is 1.10 bits per heavy atom. The molecule has 0 saturated heterocycles. The van der Waals surface area contributed by atoms with Crippen molar-refractivity contribution < 1.29 is 4.79 Å². The molecule has 0 spiro atoms. The molecule has 104 valence electrons. The lowest BCUT2D eigenvalue weighted by atomic mass is 9.86. The Hall–Kier alpha value is -2.16. The van der Waals surface area contributed by atoms with Crippen LogP contribution in [0.3, 0.4) is 0 Å². The minimum absolute atomic E-state index is 0.163. The maximum atomic E-state index is 10.3. The molecule has 1 amide bonds. The van der Waals surface area contributed by atoms with Crippen LogP contribution in [0, 0.1) is 0 Å². The fraction of sp³-hybridized carbons (Fsp3) is 0.294. The molecular formula is C17H20N2O. The second kappa shape index (κ2) is 5.87. The van der Waals surface area contributed by atoms with Gasteiger partial charge >= 0.3 is 0 Å². The standard InChI is InChI=1S/C17H20N2O/c1-17(2,3)15-6-4-13(5-7-15)14-8-9-19-16(10-14)11-18-12-20/h4-10,12H,11H2,1-3H3,(H,18,20). The van der Waals surface area contributed by atoms with Gasteiger partial charge in [0.05, 0.1) is 12.2 Å². The zero-order valence-electron chi connectivity index (χ0n) is 12.2. The van der Waals surface area contributed by atoms with E-state index in [2.05, 4.69) is 55.3 Å². The summed E-state index contributed by atoms with van der Waals surface area (Å²) in [5.74, 6) is 0. The predicted molar refractivity (Wildman–Crippen MR) is 81.3 cm³/mol. The number of carbonyl (C=O) groups excluding carboxylic acids is 1. The normalized spacial score (nSPS) is 11.2. The summed E-state index contributed by atoms with van der Waals surface area (Å²) in [6.45, 7) is 7.07. The number of carbonyl (C=O) groups is 1. The fourth-order valence-corrected chi connectivity index (χ4v) is 2.06. The number of amides is 1. The number of nitrogens with one attached hydrogen (secondary N) is 1. The summed E-state index contributed by atoms with van der Waals surface area (Å²) in [4.78, 5) is 14.6. The summed E-state index contributed by atoms with van der Waals surface area (Å²) >= 11 is 0. The molecule has 0 aliphatic heterocycles. The van der Waals surface area contributed by atoms with Gasteiger partial charge in [0.2, 0.25) is 6.41 Å². The molecule has 0 atom stereocenters. The third-order valence-corrected chi connectivity index (χ3v) is 3.27. The van der Waals surface area contributed by atoms with E-state index in [1.54, 1.807) is 6.20 Å². The molecule has 1 heterocycles. The van der Waals surface area contributed by atoms with Crippen molar-refractivity contribution >= 4 is 6.41 Å². The molecule has 0 aliphatic carbocycles. The zero-order valence-corrected chi connectivity index (χ0v) is 12.2. The van der Waals surface area contributed by atoms with Gasteiger partial charge in [-0.2, -0.15) is 0 Å². The topological polar surface area (TPSA) is 42.0 Å². The Morgan fingerprint density at radius 3 is 2.40 bits per heavy atom. The number of nitrogens with zero attached hydrogens (tertiary/aromatic N) is 1. The van der Waals surface area contributed by atoms with Crippen LogP contribution in [0.4, 0.5) is 0 Å². The van der Waals surface area contributed by atoms with Gasteiger partial charge in [0, 0.05) is 6.20 Å². The molecule has 0 unspecified atom stereocenters. The summed E-state index contributed by atoms with van der Waals surface area (Å²) in [5.41, 5.74) is 4.61. The predicted octanol–water partition coefficient (Wildman–Crippen LogP) is 3.29. The first kappa shape index (κ1) is 14.3. The first-order valence-electron chi connectivity index (χ1n) is 6.73. The minimum atomic E-state index is 0.163. The molecule has 1 N–H and O–H groups in total. The summed E-state index contributed by atoms with van der Waals surface area (Å²) in [5, 5.41) is 2.63. The largest absolute Gasteiger partial charge is 0.353 e. The zero-order chi connectivity index (χ0) is 14.6. The van der Waals surface area contributed by atoms with E-state index < -0.39 is 0 Å². The number of rotatable bonds is 4. The SMILES string of the molecule is CC(C)(C)c1ccc(-c2ccnc(CNC=O)c2)cc1. The second-order valence-corrected chi connectivity index (χ2v) is 5.86. The van der Waals surface area contributed by atoms with Crippen LogP contribution in [-0.4, -0.2) is 11.4 Å². The molecule has 20 heavy (non-hydrogen) atoms. The average molecular weight is 268 g/mol. The third-order valence-electron chi connectivity index (χ3n) is 3.27. The summed E-state index contributed by atoms with van der Waals surface area (Å²) in [6, 6.07) is 12.6. The number of hydrogen-bond donors (Lipinski definition) is 1. The monoisotopic (exact) mass is 268 g/mol. The van der Waals surface area contributed by atoms with E-state index in [1.165, 1.54) is 5.56 Å². The van der Waals surface area contributed by atoms with E-state index in [-0.39, 0.29) is 5.41 Å². The van der Waals surface area contributed by atoms with E-state index in [4.69, 9.17) is 0 Å². The molecule has 0 fully saturated rings.